The molecule has 148 valence electrons. The van der Waals surface area contributed by atoms with Gasteiger partial charge in [-0.05, 0) is 35.9 Å². The molecule has 0 saturated heterocycles. The lowest BCUT2D eigenvalue weighted by molar-refractivity contribution is 0.0963. The Morgan fingerprint density at radius 3 is 2.41 bits per heavy atom. The number of anilines is 1. The van der Waals surface area contributed by atoms with Gasteiger partial charge in [-0.15, -0.1) is 0 Å². The van der Waals surface area contributed by atoms with Crippen molar-refractivity contribution in [3.05, 3.63) is 89.7 Å². The van der Waals surface area contributed by atoms with Crippen LogP contribution in [-0.2, 0) is 0 Å². The number of nitrogens with one attached hydrogen (secondary N) is 3. The third-order valence-corrected chi connectivity index (χ3v) is 4.33. The van der Waals surface area contributed by atoms with Gasteiger partial charge in [-0.3, -0.25) is 9.78 Å². The standard InChI is InChI=1S/C22H22N4O3/c1-23-21(27)16-11-12-19(29-2)18(14-16)25-22(28)26-20(15-8-4-3-5-9-15)17-10-6-7-13-24-17/h3-14,20H,1-2H3,(H,23,27)(H2,25,26,28). The molecule has 1 unspecified atom stereocenters. The zero-order valence-corrected chi connectivity index (χ0v) is 16.2. The first-order valence-corrected chi connectivity index (χ1v) is 9.06. The van der Waals surface area contributed by atoms with E-state index < -0.39 is 12.1 Å². The van der Waals surface area contributed by atoms with Crippen molar-refractivity contribution in [3.63, 3.8) is 0 Å². The van der Waals surface area contributed by atoms with E-state index in [1.54, 1.807) is 31.4 Å². The first-order chi connectivity index (χ1) is 14.1. The van der Waals surface area contributed by atoms with Crippen LogP contribution in [0.1, 0.15) is 27.7 Å². The van der Waals surface area contributed by atoms with E-state index in [-0.39, 0.29) is 5.91 Å². The van der Waals surface area contributed by atoms with Gasteiger partial charge in [0.25, 0.3) is 5.91 Å². The van der Waals surface area contributed by atoms with E-state index in [1.165, 1.54) is 7.11 Å². The van der Waals surface area contributed by atoms with Gasteiger partial charge in [0.1, 0.15) is 5.75 Å². The van der Waals surface area contributed by atoms with Crippen molar-refractivity contribution in [2.75, 3.05) is 19.5 Å². The van der Waals surface area contributed by atoms with Gasteiger partial charge in [0, 0.05) is 18.8 Å². The molecule has 1 atom stereocenters. The predicted octanol–water partition coefficient (Wildman–Crippen LogP) is 3.36. The van der Waals surface area contributed by atoms with E-state index in [2.05, 4.69) is 20.9 Å². The summed E-state index contributed by atoms with van der Waals surface area (Å²) in [7, 11) is 3.04. The summed E-state index contributed by atoms with van der Waals surface area (Å²) in [6.45, 7) is 0. The molecule has 3 rings (SSSR count). The van der Waals surface area contributed by atoms with Crippen molar-refractivity contribution in [1.82, 2.24) is 15.6 Å². The lowest BCUT2D eigenvalue weighted by Crippen LogP contribution is -2.33. The van der Waals surface area contributed by atoms with Crippen molar-refractivity contribution < 1.29 is 14.3 Å². The third-order valence-electron chi connectivity index (χ3n) is 4.33. The number of aromatic nitrogens is 1. The van der Waals surface area contributed by atoms with Crippen LogP contribution in [0.5, 0.6) is 5.75 Å². The smallest absolute Gasteiger partial charge is 0.320 e. The number of carbonyl (C=O) groups excluding carboxylic acids is 2. The maximum atomic E-state index is 12.8. The van der Waals surface area contributed by atoms with Crippen LogP contribution in [0.25, 0.3) is 0 Å². The van der Waals surface area contributed by atoms with Crippen molar-refractivity contribution in [2.45, 2.75) is 6.04 Å². The summed E-state index contributed by atoms with van der Waals surface area (Å²) in [6.07, 6.45) is 1.68. The van der Waals surface area contributed by atoms with Crippen molar-refractivity contribution in [3.8, 4) is 5.75 Å². The quantitative estimate of drug-likeness (QED) is 0.602. The first-order valence-electron chi connectivity index (χ1n) is 9.06. The Labute approximate surface area is 169 Å². The van der Waals surface area contributed by atoms with Gasteiger partial charge in [-0.1, -0.05) is 36.4 Å². The van der Waals surface area contributed by atoms with Crippen LogP contribution in [0.15, 0.2) is 72.9 Å². The second kappa shape index (κ2) is 9.36. The number of hydrogen-bond donors (Lipinski definition) is 3. The minimum absolute atomic E-state index is 0.258. The Morgan fingerprint density at radius 1 is 1.00 bits per heavy atom. The number of urea groups is 1. The molecule has 0 radical (unpaired) electrons. The van der Waals surface area contributed by atoms with Crippen LogP contribution < -0.4 is 20.7 Å². The second-order valence-electron chi connectivity index (χ2n) is 6.19. The summed E-state index contributed by atoms with van der Waals surface area (Å²) in [5.74, 6) is 0.189. The molecule has 1 aromatic heterocycles. The molecule has 7 heteroatoms. The molecule has 1 heterocycles. The van der Waals surface area contributed by atoms with Crippen LogP contribution in [0.4, 0.5) is 10.5 Å². The molecular weight excluding hydrogens is 368 g/mol. The molecule has 2 aromatic carbocycles. The minimum atomic E-state index is -0.447. The molecule has 0 aliphatic heterocycles. The van der Waals surface area contributed by atoms with Crippen LogP contribution >= 0.6 is 0 Å². The zero-order chi connectivity index (χ0) is 20.6. The largest absolute Gasteiger partial charge is 0.495 e. The zero-order valence-electron chi connectivity index (χ0n) is 16.2. The fourth-order valence-corrected chi connectivity index (χ4v) is 2.90. The molecule has 0 fully saturated rings. The van der Waals surface area contributed by atoms with Gasteiger partial charge in [0.15, 0.2) is 0 Å². The summed E-state index contributed by atoms with van der Waals surface area (Å²) in [4.78, 5) is 29.1. The van der Waals surface area contributed by atoms with E-state index in [0.717, 1.165) is 5.56 Å². The fraction of sp³-hybridized carbons (Fsp3) is 0.136. The van der Waals surface area contributed by atoms with Crippen molar-refractivity contribution in [2.24, 2.45) is 0 Å². The molecule has 0 aliphatic carbocycles. The number of rotatable bonds is 6. The summed E-state index contributed by atoms with van der Waals surface area (Å²) in [5, 5.41) is 8.27. The van der Waals surface area contributed by atoms with Crippen molar-refractivity contribution in [1.29, 1.82) is 0 Å². The Morgan fingerprint density at radius 2 is 1.76 bits per heavy atom. The molecule has 3 aromatic rings. The molecule has 7 nitrogen and oxygen atoms in total. The normalized spacial score (nSPS) is 11.2. The van der Waals surface area contributed by atoms with E-state index in [4.69, 9.17) is 4.74 Å². The Balaban J connectivity index is 1.85. The molecule has 0 saturated carbocycles. The van der Waals surface area contributed by atoms with E-state index >= 15 is 0 Å². The van der Waals surface area contributed by atoms with Crippen LogP contribution in [0.3, 0.4) is 0 Å². The summed E-state index contributed by atoms with van der Waals surface area (Å²) in [5.41, 5.74) is 2.40. The van der Waals surface area contributed by atoms with Gasteiger partial charge in [0.05, 0.1) is 24.5 Å². The average Bonchev–Trinajstić information content (AvgIpc) is 2.78. The van der Waals surface area contributed by atoms with Crippen LogP contribution in [0.2, 0.25) is 0 Å². The maximum Gasteiger partial charge on any atom is 0.320 e. The molecular formula is C22H22N4O3. The first kappa shape index (κ1) is 19.9. The highest BCUT2D eigenvalue weighted by atomic mass is 16.5. The highest BCUT2D eigenvalue weighted by molar-refractivity contribution is 5.98. The highest BCUT2D eigenvalue weighted by Crippen LogP contribution is 2.26. The van der Waals surface area contributed by atoms with E-state index in [1.807, 2.05) is 48.5 Å². The molecule has 0 aliphatic rings. The lowest BCUT2D eigenvalue weighted by atomic mass is 10.0. The van der Waals surface area contributed by atoms with Gasteiger partial charge in [0.2, 0.25) is 0 Å². The molecule has 3 amide bonds. The van der Waals surface area contributed by atoms with E-state index in [9.17, 15) is 9.59 Å². The molecule has 0 bridgehead atoms. The number of amides is 3. The topological polar surface area (TPSA) is 92.4 Å². The fourth-order valence-electron chi connectivity index (χ4n) is 2.90. The number of methoxy groups -OCH3 is 1. The number of nitrogens with zero attached hydrogens (tertiary/aromatic N) is 1. The number of ether oxygens (including phenoxy) is 1. The number of hydrogen-bond acceptors (Lipinski definition) is 4. The lowest BCUT2D eigenvalue weighted by Gasteiger charge is -2.20. The highest BCUT2D eigenvalue weighted by Gasteiger charge is 2.19. The number of carbonyl (C=O) groups is 2. The SMILES string of the molecule is CNC(=O)c1ccc(OC)c(NC(=O)NC(c2ccccc2)c2ccccn2)c1. The van der Waals surface area contributed by atoms with Gasteiger partial charge in [-0.2, -0.15) is 0 Å². The molecule has 29 heavy (non-hydrogen) atoms. The maximum absolute atomic E-state index is 12.8. The van der Waals surface area contributed by atoms with Gasteiger partial charge >= 0.3 is 6.03 Å². The van der Waals surface area contributed by atoms with Crippen molar-refractivity contribution >= 4 is 17.6 Å². The number of pyridine rings is 1. The minimum Gasteiger partial charge on any atom is -0.495 e. The van der Waals surface area contributed by atoms with Gasteiger partial charge in [-0.25, -0.2) is 4.79 Å². The summed E-state index contributed by atoms with van der Waals surface area (Å²) >= 11 is 0. The summed E-state index contributed by atoms with van der Waals surface area (Å²) in [6, 6.07) is 19.0. The Hall–Kier alpha value is -3.87. The molecule has 0 spiro atoms. The second-order valence-corrected chi connectivity index (χ2v) is 6.19. The Kier molecular flexibility index (Phi) is 6.42. The predicted molar refractivity (Wildman–Crippen MR) is 111 cm³/mol. The Bertz CT molecular complexity index is 938. The third kappa shape index (κ3) is 4.90. The van der Waals surface area contributed by atoms with Gasteiger partial charge < -0.3 is 20.7 Å². The number of benzene rings is 2. The van der Waals surface area contributed by atoms with Crippen LogP contribution in [0, 0.1) is 0 Å². The average molecular weight is 390 g/mol. The van der Waals surface area contributed by atoms with Crippen LogP contribution in [-0.4, -0.2) is 31.1 Å². The van der Waals surface area contributed by atoms with E-state index in [0.29, 0.717) is 22.7 Å². The monoisotopic (exact) mass is 390 g/mol. The molecule has 3 N–H and O–H groups in total. The summed E-state index contributed by atoms with van der Waals surface area (Å²) < 4.78 is 5.30.